The van der Waals surface area contributed by atoms with Crippen LogP contribution in [-0.2, 0) is 22.4 Å². The first-order valence-corrected chi connectivity index (χ1v) is 11.5. The number of halogens is 3. The van der Waals surface area contributed by atoms with Gasteiger partial charge in [-0.25, -0.2) is 0 Å². The Labute approximate surface area is 202 Å². The molecule has 1 amide bonds. The fraction of sp³-hybridized carbons (Fsp3) is 0.364. The van der Waals surface area contributed by atoms with Crippen LogP contribution in [0.15, 0.2) is 36.4 Å². The van der Waals surface area contributed by atoms with Crippen LogP contribution in [0.2, 0.25) is 0 Å². The number of anilines is 2. The molecule has 3 heterocycles. The second-order valence-electron chi connectivity index (χ2n) is 8.04. The molecular weight excluding hydrogens is 485 g/mol. The summed E-state index contributed by atoms with van der Waals surface area (Å²) >= 11 is 1.45. The molecule has 1 N–H and O–H groups in total. The predicted molar refractivity (Wildman–Crippen MR) is 121 cm³/mol. The summed E-state index contributed by atoms with van der Waals surface area (Å²) in [5.41, 5.74) is 0.361. The van der Waals surface area contributed by atoms with Crippen molar-refractivity contribution < 1.29 is 27.5 Å². The second-order valence-corrected chi connectivity index (χ2v) is 9.14. The summed E-state index contributed by atoms with van der Waals surface area (Å²) in [6, 6.07) is 8.59. The highest BCUT2D eigenvalue weighted by Crippen LogP contribution is 2.31. The van der Waals surface area contributed by atoms with Gasteiger partial charge in [0, 0.05) is 19.0 Å². The van der Waals surface area contributed by atoms with Crippen molar-refractivity contribution in [3.05, 3.63) is 52.0 Å². The van der Waals surface area contributed by atoms with Crippen molar-refractivity contribution in [2.75, 3.05) is 23.3 Å². The maximum Gasteiger partial charge on any atom is 0.573 e. The van der Waals surface area contributed by atoms with E-state index in [0.717, 1.165) is 30.1 Å². The minimum atomic E-state index is -4.80. The Morgan fingerprint density at radius 2 is 1.97 bits per heavy atom. The van der Waals surface area contributed by atoms with Gasteiger partial charge in [-0.05, 0) is 43.2 Å². The molecular formula is C22H21F3N6O3S. The van der Waals surface area contributed by atoms with E-state index in [1.165, 1.54) is 30.4 Å². The molecule has 1 fully saturated rings. The summed E-state index contributed by atoms with van der Waals surface area (Å²) in [7, 11) is 0. The zero-order valence-electron chi connectivity index (χ0n) is 18.6. The normalized spacial score (nSPS) is 15.8. The van der Waals surface area contributed by atoms with Gasteiger partial charge in [0.05, 0.1) is 12.8 Å². The molecule has 0 spiro atoms. The average molecular weight is 507 g/mol. The molecule has 1 aromatic carbocycles. The number of amides is 1. The minimum absolute atomic E-state index is 0.0483. The lowest BCUT2D eigenvalue weighted by Gasteiger charge is -2.16. The Kier molecular flexibility index (Phi) is 7.24. The minimum Gasteiger partial charge on any atom is -0.406 e. The number of nitrogens with zero attached hydrogens (tertiary/aromatic N) is 5. The first-order chi connectivity index (χ1) is 16.6. The number of aromatic nitrogens is 4. The second kappa shape index (κ2) is 10.3. The molecule has 0 saturated carbocycles. The van der Waals surface area contributed by atoms with Crippen molar-refractivity contribution in [1.82, 2.24) is 20.4 Å². The third-order valence-electron chi connectivity index (χ3n) is 5.16. The smallest absolute Gasteiger partial charge is 0.406 e. The third-order valence-corrected chi connectivity index (χ3v) is 6.24. The Morgan fingerprint density at radius 1 is 1.14 bits per heavy atom. The van der Waals surface area contributed by atoms with Gasteiger partial charge in [-0.1, -0.05) is 12.1 Å². The van der Waals surface area contributed by atoms with Crippen molar-refractivity contribution in [3.63, 3.8) is 0 Å². The molecule has 4 rings (SSSR count). The van der Waals surface area contributed by atoms with E-state index in [9.17, 15) is 22.8 Å². The van der Waals surface area contributed by atoms with E-state index in [1.54, 1.807) is 12.1 Å². The number of nitrogens with one attached hydrogen (secondary N) is 1. The van der Waals surface area contributed by atoms with Crippen LogP contribution in [0.25, 0.3) is 0 Å². The molecule has 0 aliphatic carbocycles. The largest absolute Gasteiger partial charge is 0.573 e. The number of rotatable bonds is 8. The SMILES string of the molecule is CC(=O)Cc1nnc(C2CCN(c3ccc(NC(=O)Cc4cccc(OC(F)(F)F)c4)nn3)C2)s1. The number of alkyl halides is 3. The van der Waals surface area contributed by atoms with E-state index in [1.807, 2.05) is 0 Å². The average Bonchev–Trinajstić information content (AvgIpc) is 3.42. The number of benzene rings is 1. The highest BCUT2D eigenvalue weighted by Gasteiger charge is 2.31. The van der Waals surface area contributed by atoms with Crippen LogP contribution in [0, 0.1) is 0 Å². The fourth-order valence-corrected chi connectivity index (χ4v) is 4.71. The summed E-state index contributed by atoms with van der Waals surface area (Å²) in [6.45, 7) is 2.96. The zero-order chi connectivity index (χ0) is 25.0. The van der Waals surface area contributed by atoms with E-state index >= 15 is 0 Å². The van der Waals surface area contributed by atoms with E-state index < -0.39 is 12.3 Å². The van der Waals surface area contributed by atoms with Gasteiger partial charge in [-0.15, -0.1) is 44.9 Å². The van der Waals surface area contributed by atoms with Crippen molar-refractivity contribution in [1.29, 1.82) is 0 Å². The number of hydrogen-bond donors (Lipinski definition) is 1. The van der Waals surface area contributed by atoms with Gasteiger partial charge in [-0.2, -0.15) is 0 Å². The van der Waals surface area contributed by atoms with E-state index in [4.69, 9.17) is 0 Å². The maximum atomic E-state index is 12.4. The number of hydrogen-bond acceptors (Lipinski definition) is 9. The number of Topliss-reactive ketones (excluding diaryl/α,β-unsaturated/α-hetero) is 1. The molecule has 0 radical (unpaired) electrons. The molecule has 2 aromatic heterocycles. The zero-order valence-corrected chi connectivity index (χ0v) is 19.4. The van der Waals surface area contributed by atoms with Crippen molar-refractivity contribution >= 4 is 34.7 Å². The van der Waals surface area contributed by atoms with Gasteiger partial charge >= 0.3 is 6.36 Å². The van der Waals surface area contributed by atoms with Crippen molar-refractivity contribution in [2.45, 2.75) is 38.5 Å². The highest BCUT2D eigenvalue weighted by atomic mass is 32.1. The molecule has 13 heteroatoms. The maximum absolute atomic E-state index is 12.4. The fourth-order valence-electron chi connectivity index (χ4n) is 3.67. The van der Waals surface area contributed by atoms with Crippen LogP contribution in [0.1, 0.15) is 34.8 Å². The molecule has 1 aliphatic heterocycles. The molecule has 9 nitrogen and oxygen atoms in total. The van der Waals surface area contributed by atoms with Crippen LogP contribution in [0.5, 0.6) is 5.75 Å². The quantitative estimate of drug-likeness (QED) is 0.494. The standard InChI is InChI=1S/C22H21F3N6O3S/c1-13(32)9-20-29-30-21(35-20)15-7-8-31(12-15)18-6-5-17(27-28-18)26-19(33)11-14-3-2-4-16(10-14)34-22(23,24)25/h2-6,10,15H,7-9,11-12H2,1H3,(H,26,27,33). The van der Waals surface area contributed by atoms with Crippen LogP contribution in [0.3, 0.4) is 0 Å². The molecule has 1 saturated heterocycles. The van der Waals surface area contributed by atoms with E-state index in [0.29, 0.717) is 29.4 Å². The lowest BCUT2D eigenvalue weighted by Crippen LogP contribution is -2.21. The topological polar surface area (TPSA) is 110 Å². The molecule has 35 heavy (non-hydrogen) atoms. The summed E-state index contributed by atoms with van der Waals surface area (Å²) in [4.78, 5) is 25.6. The Bertz CT molecular complexity index is 1200. The Balaban J connectivity index is 1.31. The monoisotopic (exact) mass is 506 g/mol. The van der Waals surface area contributed by atoms with Crippen molar-refractivity contribution in [2.24, 2.45) is 0 Å². The van der Waals surface area contributed by atoms with Crippen LogP contribution in [-0.4, -0.2) is 51.5 Å². The summed E-state index contributed by atoms with van der Waals surface area (Å²) < 4.78 is 41.0. The molecule has 0 bridgehead atoms. The van der Waals surface area contributed by atoms with E-state index in [2.05, 4.69) is 35.3 Å². The first kappa shape index (κ1) is 24.5. The summed E-state index contributed by atoms with van der Waals surface area (Å²) in [5, 5.41) is 20.7. The summed E-state index contributed by atoms with van der Waals surface area (Å²) in [6.07, 6.45) is -3.80. The van der Waals surface area contributed by atoms with Gasteiger partial charge in [-0.3, -0.25) is 9.59 Å². The Morgan fingerprint density at radius 3 is 2.69 bits per heavy atom. The lowest BCUT2D eigenvalue weighted by atomic mass is 10.1. The highest BCUT2D eigenvalue weighted by molar-refractivity contribution is 7.11. The van der Waals surface area contributed by atoms with Crippen LogP contribution < -0.4 is 15.0 Å². The molecule has 1 atom stereocenters. The molecule has 184 valence electrons. The van der Waals surface area contributed by atoms with Crippen molar-refractivity contribution in [3.8, 4) is 5.75 Å². The van der Waals surface area contributed by atoms with Gasteiger partial charge < -0.3 is 15.0 Å². The van der Waals surface area contributed by atoms with Gasteiger partial charge in [0.1, 0.15) is 21.5 Å². The van der Waals surface area contributed by atoms with Crippen LogP contribution in [0.4, 0.5) is 24.8 Å². The third kappa shape index (κ3) is 6.94. The number of carbonyl (C=O) groups excluding carboxylic acids is 2. The van der Waals surface area contributed by atoms with E-state index in [-0.39, 0.29) is 29.7 Å². The van der Waals surface area contributed by atoms with Gasteiger partial charge in [0.25, 0.3) is 0 Å². The molecule has 1 unspecified atom stereocenters. The number of ketones is 1. The van der Waals surface area contributed by atoms with Gasteiger partial charge in [0.2, 0.25) is 5.91 Å². The van der Waals surface area contributed by atoms with Crippen LogP contribution >= 0.6 is 11.3 Å². The van der Waals surface area contributed by atoms with Gasteiger partial charge in [0.15, 0.2) is 11.6 Å². The lowest BCUT2D eigenvalue weighted by molar-refractivity contribution is -0.274. The number of carbonyl (C=O) groups is 2. The first-order valence-electron chi connectivity index (χ1n) is 10.7. The molecule has 1 aliphatic rings. The molecule has 3 aromatic rings. The summed E-state index contributed by atoms with van der Waals surface area (Å²) in [5.74, 6) is 0.277. The number of ether oxygens (including phenoxy) is 1. The predicted octanol–water partition coefficient (Wildman–Crippen LogP) is 3.53. The Hall–Kier alpha value is -3.61.